The molecule has 2 heterocycles. The third kappa shape index (κ3) is 3.90. The second kappa shape index (κ2) is 6.99. The average molecular weight is 278 g/mol. The third-order valence-corrected chi connectivity index (χ3v) is 3.76. The molecule has 0 amide bonds. The molecule has 0 bridgehead atoms. The number of rotatable bonds is 5. The molecule has 112 valence electrons. The van der Waals surface area contributed by atoms with Gasteiger partial charge in [-0.05, 0) is 19.8 Å². The number of nitrogens with one attached hydrogen (secondary N) is 1. The molecule has 0 aliphatic carbocycles. The van der Waals surface area contributed by atoms with Crippen LogP contribution < -0.4 is 10.2 Å². The normalized spacial score (nSPS) is 19.6. The molecule has 5 nitrogen and oxygen atoms in total. The largest absolute Gasteiger partial charge is 0.380 e. The Hall–Kier alpha value is -1.20. The van der Waals surface area contributed by atoms with Gasteiger partial charge in [0.15, 0.2) is 0 Å². The molecule has 0 radical (unpaired) electrons. The Kier molecular flexibility index (Phi) is 5.31. The minimum atomic E-state index is 0.301. The van der Waals surface area contributed by atoms with Crippen LogP contribution in [0.2, 0.25) is 0 Å². The fraction of sp³-hybridized carbons (Fsp3) is 0.733. The Morgan fingerprint density at radius 2 is 2.30 bits per heavy atom. The van der Waals surface area contributed by atoms with Gasteiger partial charge in [0.1, 0.15) is 0 Å². The molecule has 1 saturated heterocycles. The number of piperidine rings is 1. The molecular formula is C15H26N4O. The van der Waals surface area contributed by atoms with Gasteiger partial charge in [-0.25, -0.2) is 9.97 Å². The Labute approximate surface area is 121 Å². The molecule has 1 aromatic heterocycles. The third-order valence-electron chi connectivity index (χ3n) is 3.76. The number of anilines is 1. The molecule has 1 atom stereocenters. The van der Waals surface area contributed by atoms with Crippen LogP contribution in [0.5, 0.6) is 0 Å². The highest BCUT2D eigenvalue weighted by atomic mass is 16.5. The maximum atomic E-state index is 5.45. The number of methoxy groups -OCH3 is 1. The SMILES string of the molecule is COC1CCCN(c2ncc(CNC(C)C)c(C)n2)C1. The lowest BCUT2D eigenvalue weighted by molar-refractivity contribution is 0.0889. The van der Waals surface area contributed by atoms with Gasteiger partial charge in [0.2, 0.25) is 5.95 Å². The summed E-state index contributed by atoms with van der Waals surface area (Å²) in [6.45, 7) is 9.07. The van der Waals surface area contributed by atoms with Gasteiger partial charge < -0.3 is 15.0 Å². The highest BCUT2D eigenvalue weighted by Gasteiger charge is 2.21. The number of ether oxygens (including phenoxy) is 1. The van der Waals surface area contributed by atoms with Crippen LogP contribution in [0.3, 0.4) is 0 Å². The van der Waals surface area contributed by atoms with Gasteiger partial charge in [-0.1, -0.05) is 13.8 Å². The van der Waals surface area contributed by atoms with E-state index in [-0.39, 0.29) is 0 Å². The predicted molar refractivity (Wildman–Crippen MR) is 81.0 cm³/mol. The summed E-state index contributed by atoms with van der Waals surface area (Å²) in [7, 11) is 1.78. The minimum absolute atomic E-state index is 0.301. The van der Waals surface area contributed by atoms with Crippen LogP contribution in [-0.4, -0.2) is 42.3 Å². The highest BCUT2D eigenvalue weighted by Crippen LogP contribution is 2.18. The van der Waals surface area contributed by atoms with Crippen molar-refractivity contribution in [2.75, 3.05) is 25.1 Å². The number of aromatic nitrogens is 2. The van der Waals surface area contributed by atoms with Gasteiger partial charge in [0.05, 0.1) is 6.10 Å². The van der Waals surface area contributed by atoms with Gasteiger partial charge in [0.25, 0.3) is 0 Å². The van der Waals surface area contributed by atoms with Gasteiger partial charge in [-0.15, -0.1) is 0 Å². The predicted octanol–water partition coefficient (Wildman–Crippen LogP) is 1.90. The lowest BCUT2D eigenvalue weighted by atomic mass is 10.1. The zero-order valence-electron chi connectivity index (χ0n) is 13.0. The van der Waals surface area contributed by atoms with E-state index in [2.05, 4.69) is 41.0 Å². The summed E-state index contributed by atoms with van der Waals surface area (Å²) in [5.41, 5.74) is 2.23. The summed E-state index contributed by atoms with van der Waals surface area (Å²) in [5.74, 6) is 0.831. The summed E-state index contributed by atoms with van der Waals surface area (Å²) < 4.78 is 5.45. The molecule has 1 N–H and O–H groups in total. The van der Waals surface area contributed by atoms with Crippen LogP contribution in [-0.2, 0) is 11.3 Å². The zero-order chi connectivity index (χ0) is 14.5. The van der Waals surface area contributed by atoms with Crippen LogP contribution in [0.1, 0.15) is 37.9 Å². The Morgan fingerprint density at radius 1 is 1.50 bits per heavy atom. The smallest absolute Gasteiger partial charge is 0.225 e. The number of aryl methyl sites for hydroxylation is 1. The quantitative estimate of drug-likeness (QED) is 0.891. The molecule has 1 aromatic rings. The van der Waals surface area contributed by atoms with Crippen molar-refractivity contribution in [3.05, 3.63) is 17.5 Å². The van der Waals surface area contributed by atoms with E-state index in [0.717, 1.165) is 44.1 Å². The number of hydrogen-bond acceptors (Lipinski definition) is 5. The Morgan fingerprint density at radius 3 is 2.95 bits per heavy atom. The van der Waals surface area contributed by atoms with Crippen LogP contribution in [0.25, 0.3) is 0 Å². The molecule has 20 heavy (non-hydrogen) atoms. The van der Waals surface area contributed by atoms with Crippen molar-refractivity contribution in [2.45, 2.75) is 52.3 Å². The van der Waals surface area contributed by atoms with Gasteiger partial charge in [-0.2, -0.15) is 0 Å². The topological polar surface area (TPSA) is 50.3 Å². The van der Waals surface area contributed by atoms with Crippen LogP contribution in [0.4, 0.5) is 5.95 Å². The lowest BCUT2D eigenvalue weighted by Gasteiger charge is -2.32. The van der Waals surface area contributed by atoms with E-state index >= 15 is 0 Å². The Balaban J connectivity index is 2.04. The van der Waals surface area contributed by atoms with Crippen molar-refractivity contribution in [1.82, 2.24) is 15.3 Å². The summed E-state index contributed by atoms with van der Waals surface area (Å²) in [5, 5.41) is 3.40. The molecule has 1 aliphatic rings. The van der Waals surface area contributed by atoms with Gasteiger partial charge in [0, 0.05) is 50.2 Å². The van der Waals surface area contributed by atoms with Crippen molar-refractivity contribution in [2.24, 2.45) is 0 Å². The second-order valence-electron chi connectivity index (χ2n) is 5.76. The molecule has 0 aromatic carbocycles. The Bertz CT molecular complexity index is 436. The molecule has 2 rings (SSSR count). The summed E-state index contributed by atoms with van der Waals surface area (Å²) in [4.78, 5) is 11.4. The number of nitrogens with zero attached hydrogens (tertiary/aromatic N) is 3. The zero-order valence-corrected chi connectivity index (χ0v) is 13.0. The molecule has 1 fully saturated rings. The van der Waals surface area contributed by atoms with Crippen LogP contribution >= 0.6 is 0 Å². The lowest BCUT2D eigenvalue weighted by Crippen LogP contribution is -2.40. The monoisotopic (exact) mass is 278 g/mol. The first-order valence-electron chi connectivity index (χ1n) is 7.43. The van der Waals surface area contributed by atoms with E-state index in [9.17, 15) is 0 Å². The van der Waals surface area contributed by atoms with E-state index in [1.165, 1.54) is 5.56 Å². The average Bonchev–Trinajstić information content (AvgIpc) is 2.46. The second-order valence-corrected chi connectivity index (χ2v) is 5.76. The molecular weight excluding hydrogens is 252 g/mol. The van der Waals surface area contributed by atoms with Crippen LogP contribution in [0, 0.1) is 6.92 Å². The fourth-order valence-corrected chi connectivity index (χ4v) is 2.43. The van der Waals surface area contributed by atoms with E-state index in [0.29, 0.717) is 12.1 Å². The minimum Gasteiger partial charge on any atom is -0.380 e. The first-order chi connectivity index (χ1) is 9.60. The first kappa shape index (κ1) is 15.2. The van der Waals surface area contributed by atoms with E-state index < -0.39 is 0 Å². The van der Waals surface area contributed by atoms with Crippen molar-refractivity contribution in [1.29, 1.82) is 0 Å². The summed E-state index contributed by atoms with van der Waals surface area (Å²) in [6, 6.07) is 0.471. The highest BCUT2D eigenvalue weighted by molar-refractivity contribution is 5.33. The van der Waals surface area contributed by atoms with E-state index in [1.54, 1.807) is 7.11 Å². The molecule has 1 unspecified atom stereocenters. The van der Waals surface area contributed by atoms with E-state index in [1.807, 2.05) is 6.20 Å². The maximum absolute atomic E-state index is 5.45. The van der Waals surface area contributed by atoms with Crippen LogP contribution in [0.15, 0.2) is 6.20 Å². The van der Waals surface area contributed by atoms with Gasteiger partial charge in [-0.3, -0.25) is 0 Å². The number of hydrogen-bond donors (Lipinski definition) is 1. The van der Waals surface area contributed by atoms with Crippen molar-refractivity contribution >= 4 is 5.95 Å². The standard InChI is InChI=1S/C15H26N4O/c1-11(2)16-8-13-9-17-15(18-12(13)3)19-7-5-6-14(10-19)20-4/h9,11,14,16H,5-8,10H2,1-4H3. The molecule has 1 aliphatic heterocycles. The van der Waals surface area contributed by atoms with Crippen molar-refractivity contribution < 1.29 is 4.74 Å². The van der Waals surface area contributed by atoms with Crippen molar-refractivity contribution in [3.63, 3.8) is 0 Å². The molecule has 5 heteroatoms. The first-order valence-corrected chi connectivity index (χ1v) is 7.43. The fourth-order valence-electron chi connectivity index (χ4n) is 2.43. The molecule has 0 spiro atoms. The van der Waals surface area contributed by atoms with E-state index in [4.69, 9.17) is 4.74 Å². The maximum Gasteiger partial charge on any atom is 0.225 e. The molecule has 0 saturated carbocycles. The van der Waals surface area contributed by atoms with Gasteiger partial charge >= 0.3 is 0 Å². The van der Waals surface area contributed by atoms with Crippen molar-refractivity contribution in [3.8, 4) is 0 Å². The summed E-state index contributed by atoms with van der Waals surface area (Å²) in [6.07, 6.45) is 4.51. The summed E-state index contributed by atoms with van der Waals surface area (Å²) >= 11 is 0.